The highest BCUT2D eigenvalue weighted by Gasteiger charge is 2.13. The Morgan fingerprint density at radius 1 is 1.18 bits per heavy atom. The predicted molar refractivity (Wildman–Crippen MR) is 71.0 cm³/mol. The largest absolute Gasteiger partial charge is 0.494 e. The Balaban J connectivity index is 1.56. The number of rotatable bonds is 6. The number of unbranched alkanes of at least 4 members (excludes halogenated alkanes) is 1. The summed E-state index contributed by atoms with van der Waals surface area (Å²) in [5.41, 5.74) is 0. The van der Waals surface area contributed by atoms with E-state index in [9.17, 15) is 0 Å². The molecule has 2 rings (SSSR count). The summed E-state index contributed by atoms with van der Waals surface area (Å²) in [7, 11) is 0. The minimum absolute atomic E-state index is 0.740. The molecule has 1 aromatic rings. The Bertz CT molecular complexity index is 337. The molecule has 3 heteroatoms. The molecule has 94 valence electrons. The van der Waals surface area contributed by atoms with Crippen LogP contribution in [0.5, 0.6) is 5.75 Å². The van der Waals surface area contributed by atoms with Crippen LogP contribution in [0.2, 0.25) is 5.02 Å². The number of nitrogens with one attached hydrogen (secondary N) is 1. The van der Waals surface area contributed by atoms with Crippen molar-refractivity contribution in [2.24, 2.45) is 0 Å². The van der Waals surface area contributed by atoms with Crippen LogP contribution in [-0.4, -0.2) is 26.2 Å². The molecule has 1 aliphatic rings. The maximum atomic E-state index is 5.89. The summed E-state index contributed by atoms with van der Waals surface area (Å²) in [5.74, 6) is 0.881. The second-order valence-corrected chi connectivity index (χ2v) is 5.16. The molecule has 0 amide bonds. The first-order valence-electron chi connectivity index (χ1n) is 6.56. The Morgan fingerprint density at radius 3 is 2.76 bits per heavy atom. The van der Waals surface area contributed by atoms with Gasteiger partial charge in [0, 0.05) is 17.9 Å². The van der Waals surface area contributed by atoms with E-state index in [1.807, 2.05) is 24.3 Å². The fourth-order valence-electron chi connectivity index (χ4n) is 2.35. The molecular weight excluding hydrogens is 234 g/mol. The zero-order valence-electron chi connectivity index (χ0n) is 10.3. The first-order valence-corrected chi connectivity index (χ1v) is 6.94. The summed E-state index contributed by atoms with van der Waals surface area (Å²) < 4.78 is 5.66. The zero-order chi connectivity index (χ0) is 11.9. The SMILES string of the molecule is Clc1cccc(OCCCC[NH+]2CCCC2)c1. The number of quaternary nitrogens is 1. The van der Waals surface area contributed by atoms with E-state index in [0.717, 1.165) is 23.8 Å². The highest BCUT2D eigenvalue weighted by Crippen LogP contribution is 2.17. The minimum Gasteiger partial charge on any atom is -0.494 e. The lowest BCUT2D eigenvalue weighted by atomic mass is 10.3. The van der Waals surface area contributed by atoms with E-state index in [1.165, 1.54) is 38.9 Å². The van der Waals surface area contributed by atoms with Gasteiger partial charge in [-0.05, 0) is 31.0 Å². The molecule has 0 radical (unpaired) electrons. The smallest absolute Gasteiger partial charge is 0.120 e. The number of likely N-dealkylation sites (tertiary alicyclic amines) is 1. The Hall–Kier alpha value is -0.730. The summed E-state index contributed by atoms with van der Waals surface area (Å²) in [5, 5.41) is 0.740. The summed E-state index contributed by atoms with van der Waals surface area (Å²) in [4.78, 5) is 1.77. The third-order valence-corrected chi connectivity index (χ3v) is 3.54. The maximum Gasteiger partial charge on any atom is 0.120 e. The van der Waals surface area contributed by atoms with Gasteiger partial charge in [0.25, 0.3) is 0 Å². The summed E-state index contributed by atoms with van der Waals surface area (Å²) in [6, 6.07) is 7.61. The average molecular weight is 255 g/mol. The van der Waals surface area contributed by atoms with Gasteiger partial charge in [0.2, 0.25) is 0 Å². The number of halogens is 1. The van der Waals surface area contributed by atoms with Crippen LogP contribution in [0.1, 0.15) is 25.7 Å². The number of hydrogen-bond acceptors (Lipinski definition) is 1. The fourth-order valence-corrected chi connectivity index (χ4v) is 2.53. The van der Waals surface area contributed by atoms with E-state index in [-0.39, 0.29) is 0 Å². The molecule has 1 heterocycles. The topological polar surface area (TPSA) is 13.7 Å². The third kappa shape index (κ3) is 4.57. The molecule has 0 spiro atoms. The molecule has 0 aliphatic carbocycles. The molecule has 1 N–H and O–H groups in total. The molecule has 0 aromatic heterocycles. The Kier molecular flexibility index (Phi) is 5.14. The van der Waals surface area contributed by atoms with Crippen molar-refractivity contribution in [3.63, 3.8) is 0 Å². The number of hydrogen-bond donors (Lipinski definition) is 1. The lowest BCUT2D eigenvalue weighted by molar-refractivity contribution is -0.887. The van der Waals surface area contributed by atoms with Crippen molar-refractivity contribution < 1.29 is 9.64 Å². The van der Waals surface area contributed by atoms with Gasteiger partial charge < -0.3 is 9.64 Å². The third-order valence-electron chi connectivity index (χ3n) is 3.30. The molecule has 1 saturated heterocycles. The van der Waals surface area contributed by atoms with Crippen molar-refractivity contribution in [3.05, 3.63) is 29.3 Å². The number of benzene rings is 1. The first kappa shape index (κ1) is 12.7. The van der Waals surface area contributed by atoms with Gasteiger partial charge in [-0.15, -0.1) is 0 Å². The van der Waals surface area contributed by atoms with Gasteiger partial charge in [-0.25, -0.2) is 0 Å². The van der Waals surface area contributed by atoms with E-state index in [1.54, 1.807) is 4.90 Å². The van der Waals surface area contributed by atoms with E-state index < -0.39 is 0 Å². The lowest BCUT2D eigenvalue weighted by Gasteiger charge is -2.11. The summed E-state index contributed by atoms with van der Waals surface area (Å²) in [6.07, 6.45) is 5.22. The van der Waals surface area contributed by atoms with E-state index >= 15 is 0 Å². The van der Waals surface area contributed by atoms with Crippen molar-refractivity contribution in [3.8, 4) is 5.75 Å². The van der Waals surface area contributed by atoms with Crippen LogP contribution < -0.4 is 9.64 Å². The van der Waals surface area contributed by atoms with Crippen molar-refractivity contribution >= 4 is 11.6 Å². The summed E-state index contributed by atoms with van der Waals surface area (Å²) in [6.45, 7) is 4.84. The van der Waals surface area contributed by atoms with Gasteiger partial charge in [-0.3, -0.25) is 0 Å². The van der Waals surface area contributed by atoms with Crippen molar-refractivity contribution in [2.75, 3.05) is 26.2 Å². The van der Waals surface area contributed by atoms with Crippen LogP contribution >= 0.6 is 11.6 Å². The second-order valence-electron chi connectivity index (χ2n) is 4.72. The fraction of sp³-hybridized carbons (Fsp3) is 0.571. The highest BCUT2D eigenvalue weighted by molar-refractivity contribution is 6.30. The molecule has 1 aliphatic heterocycles. The number of ether oxygens (including phenoxy) is 1. The standard InChI is InChI=1S/C14H20ClNO/c15-13-6-5-7-14(12-13)17-11-4-3-10-16-8-1-2-9-16/h5-7,12H,1-4,8-11H2/p+1. The van der Waals surface area contributed by atoms with Crippen LogP contribution in [-0.2, 0) is 0 Å². The first-order chi connectivity index (χ1) is 8.34. The highest BCUT2D eigenvalue weighted by atomic mass is 35.5. The van der Waals surface area contributed by atoms with Crippen LogP contribution in [0.15, 0.2) is 24.3 Å². The molecular formula is C14H21ClNO+. The molecule has 0 unspecified atom stereocenters. The average Bonchev–Trinajstić information content (AvgIpc) is 2.82. The maximum absolute atomic E-state index is 5.89. The van der Waals surface area contributed by atoms with Crippen LogP contribution in [0, 0.1) is 0 Å². The van der Waals surface area contributed by atoms with Gasteiger partial charge in [0.05, 0.1) is 26.2 Å². The normalized spacial score (nSPS) is 16.3. The summed E-state index contributed by atoms with van der Waals surface area (Å²) >= 11 is 5.89. The van der Waals surface area contributed by atoms with Crippen molar-refractivity contribution in [2.45, 2.75) is 25.7 Å². The minimum atomic E-state index is 0.740. The molecule has 0 saturated carbocycles. The Labute approximate surface area is 109 Å². The molecule has 1 fully saturated rings. The van der Waals surface area contributed by atoms with Gasteiger partial charge in [0.15, 0.2) is 0 Å². The van der Waals surface area contributed by atoms with Crippen LogP contribution in [0.25, 0.3) is 0 Å². The van der Waals surface area contributed by atoms with Gasteiger partial charge in [0.1, 0.15) is 5.75 Å². The van der Waals surface area contributed by atoms with Crippen molar-refractivity contribution in [1.82, 2.24) is 0 Å². The van der Waals surface area contributed by atoms with Gasteiger partial charge in [-0.1, -0.05) is 17.7 Å². The van der Waals surface area contributed by atoms with Crippen LogP contribution in [0.4, 0.5) is 0 Å². The lowest BCUT2D eigenvalue weighted by Crippen LogP contribution is -3.09. The molecule has 0 atom stereocenters. The van der Waals surface area contributed by atoms with E-state index in [0.29, 0.717) is 0 Å². The molecule has 0 bridgehead atoms. The molecule has 2 nitrogen and oxygen atoms in total. The van der Waals surface area contributed by atoms with Crippen molar-refractivity contribution in [1.29, 1.82) is 0 Å². The van der Waals surface area contributed by atoms with Crippen LogP contribution in [0.3, 0.4) is 0 Å². The van der Waals surface area contributed by atoms with E-state index in [2.05, 4.69) is 0 Å². The predicted octanol–water partition coefficient (Wildman–Crippen LogP) is 2.18. The second kappa shape index (κ2) is 6.87. The monoisotopic (exact) mass is 254 g/mol. The Morgan fingerprint density at radius 2 is 2.00 bits per heavy atom. The van der Waals surface area contributed by atoms with E-state index in [4.69, 9.17) is 16.3 Å². The quantitative estimate of drug-likeness (QED) is 0.769. The zero-order valence-corrected chi connectivity index (χ0v) is 11.0. The molecule has 17 heavy (non-hydrogen) atoms. The van der Waals surface area contributed by atoms with Gasteiger partial charge in [-0.2, -0.15) is 0 Å². The van der Waals surface area contributed by atoms with Gasteiger partial charge >= 0.3 is 0 Å². The molecule has 1 aromatic carbocycles.